The van der Waals surface area contributed by atoms with Gasteiger partial charge in [-0.1, -0.05) is 43.5 Å². The Bertz CT molecular complexity index is 1160. The minimum absolute atomic E-state index is 0.0823. The van der Waals surface area contributed by atoms with E-state index in [9.17, 15) is 9.59 Å². The molecule has 1 N–H and O–H groups in total. The first kappa shape index (κ1) is 21.6. The number of aromatic nitrogens is 1. The molecule has 1 atom stereocenters. The molecule has 0 spiro atoms. The third-order valence-electron chi connectivity index (χ3n) is 7.30. The Hall–Kier alpha value is -3.28. The molecule has 1 saturated carbocycles. The van der Waals surface area contributed by atoms with Gasteiger partial charge >= 0.3 is 0 Å². The van der Waals surface area contributed by atoms with Gasteiger partial charge in [0, 0.05) is 12.6 Å². The van der Waals surface area contributed by atoms with Crippen LogP contribution in [0.4, 0.5) is 0 Å². The normalized spacial score (nSPS) is 21.2. The number of rotatable bonds is 5. The van der Waals surface area contributed by atoms with Gasteiger partial charge in [0.2, 0.25) is 5.91 Å². The lowest BCUT2D eigenvalue weighted by molar-refractivity contribution is -0.134. The second-order valence-electron chi connectivity index (χ2n) is 9.57. The number of benzene rings is 1. The van der Waals surface area contributed by atoms with Crippen molar-refractivity contribution >= 4 is 11.8 Å². The van der Waals surface area contributed by atoms with Crippen LogP contribution in [0.25, 0.3) is 11.5 Å². The van der Waals surface area contributed by atoms with Crippen molar-refractivity contribution in [2.24, 2.45) is 0 Å². The summed E-state index contributed by atoms with van der Waals surface area (Å²) in [5, 5.41) is 3.29. The Labute approximate surface area is 194 Å². The third-order valence-corrected chi connectivity index (χ3v) is 7.30. The molecule has 0 radical (unpaired) electrons. The van der Waals surface area contributed by atoms with E-state index in [1.807, 2.05) is 66.9 Å². The second kappa shape index (κ2) is 8.58. The summed E-state index contributed by atoms with van der Waals surface area (Å²) in [6, 6.07) is 15.7. The minimum Gasteiger partial charge on any atom is -0.463 e. The number of furan rings is 1. The number of fused-ring (bicyclic) bond motifs is 1. The molecule has 1 fully saturated rings. The summed E-state index contributed by atoms with van der Waals surface area (Å²) in [6.07, 6.45) is 7.12. The molecule has 3 aromatic rings. The molecule has 2 aromatic heterocycles. The SMILES string of the molecule is Cc1ccccc1CN1C(=O)c2ccc(-c3ccco3)n2C[C@]1(C)C(=O)NC1CCCCC1. The fourth-order valence-corrected chi connectivity index (χ4v) is 5.21. The molecule has 2 amide bonds. The van der Waals surface area contributed by atoms with Gasteiger partial charge in [0.25, 0.3) is 5.91 Å². The molecule has 172 valence electrons. The van der Waals surface area contributed by atoms with Gasteiger partial charge in [-0.05, 0) is 62.1 Å². The molecule has 1 aromatic carbocycles. The van der Waals surface area contributed by atoms with Crippen LogP contribution in [0.1, 0.15) is 60.6 Å². The second-order valence-corrected chi connectivity index (χ2v) is 9.57. The van der Waals surface area contributed by atoms with Crippen LogP contribution in [0.5, 0.6) is 0 Å². The van der Waals surface area contributed by atoms with E-state index in [1.54, 1.807) is 11.2 Å². The predicted octanol–water partition coefficient (Wildman–Crippen LogP) is 4.92. The first-order valence-corrected chi connectivity index (χ1v) is 11.9. The predicted molar refractivity (Wildman–Crippen MR) is 127 cm³/mol. The van der Waals surface area contributed by atoms with Crippen molar-refractivity contribution < 1.29 is 14.0 Å². The summed E-state index contributed by atoms with van der Waals surface area (Å²) >= 11 is 0. The number of carbonyl (C=O) groups is 2. The van der Waals surface area contributed by atoms with Gasteiger partial charge in [0.1, 0.15) is 17.0 Å². The topological polar surface area (TPSA) is 67.5 Å². The van der Waals surface area contributed by atoms with Crippen molar-refractivity contribution in [2.75, 3.05) is 0 Å². The van der Waals surface area contributed by atoms with Crippen LogP contribution < -0.4 is 5.32 Å². The summed E-state index contributed by atoms with van der Waals surface area (Å²) in [7, 11) is 0. The Kier molecular flexibility index (Phi) is 5.60. The number of amides is 2. The number of hydrogen-bond acceptors (Lipinski definition) is 3. The third kappa shape index (κ3) is 3.88. The maximum Gasteiger partial charge on any atom is 0.271 e. The number of aryl methyl sites for hydroxylation is 1. The van der Waals surface area contributed by atoms with E-state index < -0.39 is 5.54 Å². The molecule has 0 saturated heterocycles. The van der Waals surface area contributed by atoms with Gasteiger partial charge < -0.3 is 19.2 Å². The van der Waals surface area contributed by atoms with Crippen LogP contribution in [-0.4, -0.2) is 32.9 Å². The van der Waals surface area contributed by atoms with Crippen molar-refractivity contribution in [3.05, 3.63) is 71.6 Å². The molecule has 3 heterocycles. The lowest BCUT2D eigenvalue weighted by Gasteiger charge is -2.45. The Balaban J connectivity index is 1.54. The van der Waals surface area contributed by atoms with E-state index in [0.29, 0.717) is 24.5 Å². The molecule has 5 rings (SSSR count). The lowest BCUT2D eigenvalue weighted by atomic mass is 9.90. The van der Waals surface area contributed by atoms with Gasteiger partial charge in [-0.2, -0.15) is 0 Å². The van der Waals surface area contributed by atoms with Crippen molar-refractivity contribution in [3.63, 3.8) is 0 Å². The molecule has 0 unspecified atom stereocenters. The maximum atomic E-state index is 13.8. The van der Waals surface area contributed by atoms with E-state index in [-0.39, 0.29) is 17.9 Å². The first-order valence-electron chi connectivity index (χ1n) is 11.9. The van der Waals surface area contributed by atoms with Crippen LogP contribution in [-0.2, 0) is 17.9 Å². The fourth-order valence-electron chi connectivity index (χ4n) is 5.21. The van der Waals surface area contributed by atoms with Crippen molar-refractivity contribution in [1.82, 2.24) is 14.8 Å². The lowest BCUT2D eigenvalue weighted by Crippen LogP contribution is -2.64. The standard InChI is InChI=1S/C27H31N3O3/c1-19-9-6-7-10-20(19)17-30-25(31)23-15-14-22(24-13-8-16-33-24)29(23)18-27(30,2)26(32)28-21-11-4-3-5-12-21/h6-10,13-16,21H,3-5,11-12,17-18H2,1-2H3,(H,28,32)/t27-/m1/s1. The van der Waals surface area contributed by atoms with Gasteiger partial charge in [-0.15, -0.1) is 0 Å². The van der Waals surface area contributed by atoms with Crippen molar-refractivity contribution in [2.45, 2.75) is 70.6 Å². The van der Waals surface area contributed by atoms with Gasteiger partial charge in [-0.25, -0.2) is 0 Å². The van der Waals surface area contributed by atoms with Crippen molar-refractivity contribution in [3.8, 4) is 11.5 Å². The monoisotopic (exact) mass is 445 g/mol. The Morgan fingerprint density at radius 2 is 1.82 bits per heavy atom. The van der Waals surface area contributed by atoms with Crippen LogP contribution >= 0.6 is 0 Å². The minimum atomic E-state index is -1.02. The molecule has 6 heteroatoms. The fraction of sp³-hybridized carbons (Fsp3) is 0.407. The average Bonchev–Trinajstić information content (AvgIpc) is 3.48. The number of carbonyl (C=O) groups excluding carboxylic acids is 2. The molecule has 1 aliphatic heterocycles. The smallest absolute Gasteiger partial charge is 0.271 e. The zero-order valence-electron chi connectivity index (χ0n) is 19.3. The summed E-state index contributed by atoms with van der Waals surface area (Å²) in [6.45, 7) is 4.71. The highest BCUT2D eigenvalue weighted by Gasteiger charge is 2.48. The van der Waals surface area contributed by atoms with Gasteiger partial charge in [0.15, 0.2) is 0 Å². The molecule has 0 bridgehead atoms. The van der Waals surface area contributed by atoms with Crippen LogP contribution in [0.2, 0.25) is 0 Å². The maximum absolute atomic E-state index is 13.8. The largest absolute Gasteiger partial charge is 0.463 e. The quantitative estimate of drug-likeness (QED) is 0.606. The summed E-state index contributed by atoms with van der Waals surface area (Å²) in [5.41, 5.74) is 2.53. The molecule has 1 aliphatic carbocycles. The molecule has 6 nitrogen and oxygen atoms in total. The van der Waals surface area contributed by atoms with E-state index in [2.05, 4.69) is 5.32 Å². The van der Waals surface area contributed by atoms with Crippen LogP contribution in [0.15, 0.2) is 59.2 Å². The zero-order valence-corrected chi connectivity index (χ0v) is 19.3. The van der Waals surface area contributed by atoms with E-state index in [0.717, 1.165) is 42.5 Å². The average molecular weight is 446 g/mol. The van der Waals surface area contributed by atoms with Gasteiger partial charge in [0.05, 0.1) is 18.5 Å². The number of nitrogens with zero attached hydrogens (tertiary/aromatic N) is 2. The Morgan fingerprint density at radius 1 is 1.06 bits per heavy atom. The molecule has 33 heavy (non-hydrogen) atoms. The molecule has 2 aliphatic rings. The van der Waals surface area contributed by atoms with E-state index >= 15 is 0 Å². The summed E-state index contributed by atoms with van der Waals surface area (Å²) < 4.78 is 7.56. The van der Waals surface area contributed by atoms with E-state index in [1.165, 1.54) is 6.42 Å². The molecular weight excluding hydrogens is 414 g/mol. The molecular formula is C27H31N3O3. The Morgan fingerprint density at radius 3 is 2.55 bits per heavy atom. The summed E-state index contributed by atoms with van der Waals surface area (Å²) in [4.78, 5) is 29.4. The summed E-state index contributed by atoms with van der Waals surface area (Å²) in [5.74, 6) is 0.473. The number of nitrogens with one attached hydrogen (secondary N) is 1. The van der Waals surface area contributed by atoms with Crippen LogP contribution in [0, 0.1) is 6.92 Å². The highest BCUT2D eigenvalue weighted by atomic mass is 16.3. The highest BCUT2D eigenvalue weighted by Crippen LogP contribution is 2.35. The number of hydrogen-bond donors (Lipinski definition) is 1. The van der Waals surface area contributed by atoms with Crippen LogP contribution in [0.3, 0.4) is 0 Å². The zero-order chi connectivity index (χ0) is 23.0. The van der Waals surface area contributed by atoms with E-state index in [4.69, 9.17) is 4.42 Å². The highest BCUT2D eigenvalue weighted by molar-refractivity contribution is 6.00. The first-order chi connectivity index (χ1) is 16.0. The van der Waals surface area contributed by atoms with Gasteiger partial charge in [-0.3, -0.25) is 9.59 Å². The van der Waals surface area contributed by atoms with Crippen molar-refractivity contribution in [1.29, 1.82) is 0 Å².